The molecule has 0 amide bonds. The zero-order chi connectivity index (χ0) is 13.2. The van der Waals surface area contributed by atoms with E-state index in [1.807, 2.05) is 0 Å². The van der Waals surface area contributed by atoms with Gasteiger partial charge < -0.3 is 14.6 Å². The van der Waals surface area contributed by atoms with E-state index < -0.39 is 5.78 Å². The predicted molar refractivity (Wildman–Crippen MR) is 66.0 cm³/mol. The lowest BCUT2D eigenvalue weighted by molar-refractivity contribution is 0.101. The number of Topliss-reactive ketones (excluding diaryl/α,β-unsaturated/α-hetero) is 1. The molecule has 0 aliphatic carbocycles. The van der Waals surface area contributed by atoms with Crippen molar-refractivity contribution in [3.63, 3.8) is 0 Å². The van der Waals surface area contributed by atoms with E-state index in [0.29, 0.717) is 5.56 Å². The van der Waals surface area contributed by atoms with Gasteiger partial charge in [0.15, 0.2) is 11.5 Å². The molecule has 1 aromatic carbocycles. The Labute approximate surface area is 109 Å². The molecule has 1 rings (SSSR count). The molecule has 0 atom stereocenters. The Bertz CT molecular complexity index is 458. The van der Waals surface area contributed by atoms with E-state index in [9.17, 15) is 9.90 Å². The average molecular weight is 279 g/mol. The van der Waals surface area contributed by atoms with Crippen LogP contribution in [-0.4, -0.2) is 31.0 Å². The Morgan fingerprint density at radius 1 is 1.29 bits per heavy atom. The molecule has 0 spiro atoms. The van der Waals surface area contributed by atoms with Crippen LogP contribution >= 0.6 is 23.2 Å². The van der Waals surface area contributed by atoms with Gasteiger partial charge in [0.25, 0.3) is 0 Å². The highest BCUT2D eigenvalue weighted by Gasteiger charge is 2.25. The summed E-state index contributed by atoms with van der Waals surface area (Å²) in [5, 5.41) is 9.85. The molecular weight excluding hydrogens is 267 g/mol. The van der Waals surface area contributed by atoms with Crippen LogP contribution in [0.2, 0.25) is 5.02 Å². The molecule has 0 unspecified atom stereocenters. The first-order valence-corrected chi connectivity index (χ1v) is 5.62. The summed E-state index contributed by atoms with van der Waals surface area (Å²) in [5.74, 6) is -0.627. The van der Waals surface area contributed by atoms with Crippen LogP contribution in [0, 0.1) is 6.92 Å². The number of rotatable bonds is 4. The van der Waals surface area contributed by atoms with Gasteiger partial charge in [-0.2, -0.15) is 0 Å². The van der Waals surface area contributed by atoms with Gasteiger partial charge in [-0.25, -0.2) is 0 Å². The van der Waals surface area contributed by atoms with Crippen molar-refractivity contribution in [3.8, 4) is 17.2 Å². The van der Waals surface area contributed by atoms with Crippen molar-refractivity contribution < 1.29 is 19.4 Å². The molecule has 0 heterocycles. The van der Waals surface area contributed by atoms with Crippen molar-refractivity contribution in [2.24, 2.45) is 0 Å². The molecule has 6 heteroatoms. The molecule has 0 radical (unpaired) electrons. The molecule has 94 valence electrons. The van der Waals surface area contributed by atoms with E-state index >= 15 is 0 Å². The van der Waals surface area contributed by atoms with Crippen LogP contribution in [0.5, 0.6) is 17.2 Å². The summed E-state index contributed by atoms with van der Waals surface area (Å²) >= 11 is 11.4. The van der Waals surface area contributed by atoms with Gasteiger partial charge in [-0.1, -0.05) is 11.6 Å². The number of aromatic hydroxyl groups is 1. The van der Waals surface area contributed by atoms with Crippen LogP contribution in [0.4, 0.5) is 0 Å². The molecule has 0 aliphatic heterocycles. The summed E-state index contributed by atoms with van der Waals surface area (Å²) in [7, 11) is 2.80. The quantitative estimate of drug-likeness (QED) is 0.680. The minimum absolute atomic E-state index is 0.0224. The molecule has 1 N–H and O–H groups in total. The molecule has 0 aromatic heterocycles. The van der Waals surface area contributed by atoms with Crippen molar-refractivity contribution in [2.75, 3.05) is 20.1 Å². The average Bonchev–Trinajstić information content (AvgIpc) is 2.33. The fourth-order valence-electron chi connectivity index (χ4n) is 1.60. The lowest BCUT2D eigenvalue weighted by Gasteiger charge is -2.16. The van der Waals surface area contributed by atoms with Crippen molar-refractivity contribution in [3.05, 3.63) is 16.1 Å². The highest BCUT2D eigenvalue weighted by molar-refractivity contribution is 6.36. The third kappa shape index (κ3) is 2.28. The van der Waals surface area contributed by atoms with Crippen LogP contribution in [-0.2, 0) is 0 Å². The maximum atomic E-state index is 11.6. The molecule has 0 aliphatic rings. The predicted octanol–water partition coefficient (Wildman–Crippen LogP) is 2.79. The standard InChI is InChI=1S/C11H12Cl2O4/c1-5-10(16-2)7(6(14)4-12)9(15)8(13)11(5)17-3/h15H,4H2,1-3H3. The summed E-state index contributed by atoms with van der Waals surface area (Å²) in [4.78, 5) is 11.6. The Hall–Kier alpha value is -1.13. The smallest absolute Gasteiger partial charge is 0.185 e. The zero-order valence-corrected chi connectivity index (χ0v) is 11.1. The minimum atomic E-state index is -0.464. The number of hydrogen-bond acceptors (Lipinski definition) is 4. The van der Waals surface area contributed by atoms with Crippen molar-refractivity contribution in [1.29, 1.82) is 0 Å². The van der Waals surface area contributed by atoms with Gasteiger partial charge in [-0.15, -0.1) is 11.6 Å². The van der Waals surface area contributed by atoms with Gasteiger partial charge in [0, 0.05) is 5.56 Å². The number of phenolic OH excluding ortho intramolecular Hbond substituents is 1. The third-order valence-corrected chi connectivity index (χ3v) is 2.95. The summed E-state index contributed by atoms with van der Waals surface area (Å²) in [6.45, 7) is 1.67. The lowest BCUT2D eigenvalue weighted by atomic mass is 10.0. The summed E-state index contributed by atoms with van der Waals surface area (Å²) in [5.41, 5.74) is 0.511. The van der Waals surface area contributed by atoms with Gasteiger partial charge >= 0.3 is 0 Å². The number of ether oxygens (including phenoxy) is 2. The number of methoxy groups -OCH3 is 2. The van der Waals surface area contributed by atoms with Crippen LogP contribution in [0.25, 0.3) is 0 Å². The van der Waals surface area contributed by atoms with Gasteiger partial charge in [-0.3, -0.25) is 4.79 Å². The number of ketones is 1. The number of halogens is 2. The van der Waals surface area contributed by atoms with Crippen LogP contribution in [0.15, 0.2) is 0 Å². The van der Waals surface area contributed by atoms with Gasteiger partial charge in [0.1, 0.15) is 22.1 Å². The fraction of sp³-hybridized carbons (Fsp3) is 0.364. The van der Waals surface area contributed by atoms with E-state index in [4.69, 9.17) is 32.7 Å². The maximum Gasteiger partial charge on any atom is 0.185 e. The summed E-state index contributed by atoms with van der Waals surface area (Å²) in [6, 6.07) is 0. The highest BCUT2D eigenvalue weighted by atomic mass is 35.5. The second kappa shape index (κ2) is 5.47. The van der Waals surface area contributed by atoms with Gasteiger partial charge in [0.2, 0.25) is 0 Å². The molecule has 0 fully saturated rings. The molecule has 1 aromatic rings. The fourth-order valence-corrected chi connectivity index (χ4v) is 2.05. The maximum absolute atomic E-state index is 11.6. The number of alkyl halides is 1. The first-order chi connectivity index (χ1) is 7.99. The van der Waals surface area contributed by atoms with Crippen LogP contribution < -0.4 is 9.47 Å². The zero-order valence-electron chi connectivity index (χ0n) is 9.63. The van der Waals surface area contributed by atoms with Crippen LogP contribution in [0.1, 0.15) is 15.9 Å². The molecule has 17 heavy (non-hydrogen) atoms. The van der Waals surface area contributed by atoms with E-state index in [1.54, 1.807) is 6.92 Å². The molecule has 4 nitrogen and oxygen atoms in total. The van der Waals surface area contributed by atoms with Gasteiger partial charge in [0.05, 0.1) is 20.1 Å². The Balaban J connectivity index is 3.65. The SMILES string of the molecule is COc1c(C)c(OC)c(C(=O)CCl)c(O)c1Cl. The Kier molecular flexibility index (Phi) is 4.48. The number of phenols is 1. The van der Waals surface area contributed by atoms with E-state index in [0.717, 1.165) is 0 Å². The third-order valence-electron chi connectivity index (χ3n) is 2.36. The highest BCUT2D eigenvalue weighted by Crippen LogP contribution is 2.45. The van der Waals surface area contributed by atoms with Crippen molar-refractivity contribution >= 4 is 29.0 Å². The largest absolute Gasteiger partial charge is 0.505 e. The number of hydrogen-bond donors (Lipinski definition) is 1. The molecule has 0 bridgehead atoms. The molecular formula is C11H12Cl2O4. The van der Waals surface area contributed by atoms with E-state index in [-0.39, 0.29) is 33.7 Å². The van der Waals surface area contributed by atoms with Crippen molar-refractivity contribution in [1.82, 2.24) is 0 Å². The second-order valence-corrected chi connectivity index (χ2v) is 3.93. The number of benzene rings is 1. The summed E-state index contributed by atoms with van der Waals surface area (Å²) in [6.07, 6.45) is 0. The van der Waals surface area contributed by atoms with Crippen LogP contribution in [0.3, 0.4) is 0 Å². The first-order valence-electron chi connectivity index (χ1n) is 4.71. The first kappa shape index (κ1) is 13.9. The van der Waals surface area contributed by atoms with E-state index in [1.165, 1.54) is 14.2 Å². The van der Waals surface area contributed by atoms with Crippen molar-refractivity contribution in [2.45, 2.75) is 6.92 Å². The second-order valence-electron chi connectivity index (χ2n) is 3.29. The molecule has 0 saturated carbocycles. The number of carbonyl (C=O) groups excluding carboxylic acids is 1. The minimum Gasteiger partial charge on any atom is -0.505 e. The number of carbonyl (C=O) groups is 1. The van der Waals surface area contributed by atoms with Gasteiger partial charge in [-0.05, 0) is 6.92 Å². The normalized spacial score (nSPS) is 10.2. The Morgan fingerprint density at radius 2 is 1.82 bits per heavy atom. The summed E-state index contributed by atoms with van der Waals surface area (Å²) < 4.78 is 10.2. The Morgan fingerprint density at radius 3 is 2.24 bits per heavy atom. The lowest BCUT2D eigenvalue weighted by Crippen LogP contribution is -2.07. The topological polar surface area (TPSA) is 55.8 Å². The van der Waals surface area contributed by atoms with E-state index in [2.05, 4.69) is 0 Å². The monoisotopic (exact) mass is 278 g/mol. The molecule has 0 saturated heterocycles.